The molecule has 142 valence electrons. The van der Waals surface area contributed by atoms with Gasteiger partial charge in [0, 0.05) is 25.2 Å². The summed E-state index contributed by atoms with van der Waals surface area (Å²) in [6.45, 7) is 0. The van der Waals surface area contributed by atoms with Gasteiger partial charge in [-0.3, -0.25) is 0 Å². The Balaban J connectivity index is 1.38. The summed E-state index contributed by atoms with van der Waals surface area (Å²) in [5.74, 6) is 1.29. The summed E-state index contributed by atoms with van der Waals surface area (Å²) in [4.78, 5) is 0. The van der Waals surface area contributed by atoms with Gasteiger partial charge in [0.1, 0.15) is 5.75 Å². The number of hydrogen-bond acceptors (Lipinski definition) is 2. The van der Waals surface area contributed by atoms with E-state index in [0.717, 1.165) is 43.2 Å². The average molecular weight is 370 g/mol. The van der Waals surface area contributed by atoms with E-state index in [2.05, 4.69) is 54.6 Å². The minimum atomic E-state index is 0.355. The number of phenolic OH excluding ortho intramolecular Hbond substituents is 1. The third-order valence-corrected chi connectivity index (χ3v) is 5.60. The number of aromatic hydroxyl groups is 1. The third-order valence-electron chi connectivity index (χ3n) is 5.60. The Labute approximate surface area is 166 Å². The van der Waals surface area contributed by atoms with Gasteiger partial charge in [0.2, 0.25) is 0 Å². The lowest BCUT2D eigenvalue weighted by Crippen LogP contribution is -2.01. The zero-order chi connectivity index (χ0) is 19.3. The highest BCUT2D eigenvalue weighted by molar-refractivity contribution is 5.41. The van der Waals surface area contributed by atoms with E-state index in [1.807, 2.05) is 18.2 Å². The smallest absolute Gasteiger partial charge is 0.119 e. The molecule has 0 saturated heterocycles. The van der Waals surface area contributed by atoms with Gasteiger partial charge in [-0.1, -0.05) is 72.8 Å². The zero-order valence-corrected chi connectivity index (χ0v) is 16.0. The van der Waals surface area contributed by atoms with Crippen LogP contribution in [0.3, 0.4) is 0 Å². The van der Waals surface area contributed by atoms with E-state index in [1.165, 1.54) is 16.7 Å². The Morgan fingerprint density at radius 1 is 0.893 bits per heavy atom. The Kier molecular flexibility index (Phi) is 5.48. The van der Waals surface area contributed by atoms with Gasteiger partial charge in [0.15, 0.2) is 0 Å². The Hall–Kier alpha value is -3.00. The van der Waals surface area contributed by atoms with Gasteiger partial charge in [-0.25, -0.2) is 0 Å². The molecule has 0 bridgehead atoms. The summed E-state index contributed by atoms with van der Waals surface area (Å²) in [5.41, 5.74) is 5.80. The predicted octanol–water partition coefficient (Wildman–Crippen LogP) is 6.51. The van der Waals surface area contributed by atoms with Gasteiger partial charge in [0.05, 0.1) is 5.76 Å². The molecule has 2 N–H and O–H groups in total. The summed E-state index contributed by atoms with van der Waals surface area (Å²) in [7, 11) is 0. The molecule has 2 heteroatoms. The van der Waals surface area contributed by atoms with Crippen LogP contribution >= 0.6 is 0 Å². The van der Waals surface area contributed by atoms with Crippen LogP contribution in [0.5, 0.6) is 5.75 Å². The number of phenols is 1. The van der Waals surface area contributed by atoms with Crippen LogP contribution in [0.15, 0.2) is 95.8 Å². The summed E-state index contributed by atoms with van der Waals surface area (Å²) >= 11 is 0. The van der Waals surface area contributed by atoms with Crippen molar-refractivity contribution in [2.24, 2.45) is 0 Å². The normalized spacial score (nSPS) is 19.0. The van der Waals surface area contributed by atoms with E-state index in [9.17, 15) is 10.2 Å². The molecule has 2 aliphatic rings. The standard InChI is InChI=1S/C26H26O2/c27-25-7-3-1-5-23(25)17-19-9-13-21(14-10-19)22-15-11-20(12-16-22)18-24-6-2-4-8-26(24)28/h1-3,5-7,9-15,22,27-28H,4,8,16-18H2. The second-order valence-electron chi connectivity index (χ2n) is 7.62. The van der Waals surface area contributed by atoms with Crippen molar-refractivity contribution >= 4 is 0 Å². The van der Waals surface area contributed by atoms with Crippen molar-refractivity contribution < 1.29 is 10.2 Å². The van der Waals surface area contributed by atoms with E-state index in [0.29, 0.717) is 17.4 Å². The van der Waals surface area contributed by atoms with Crippen molar-refractivity contribution in [3.63, 3.8) is 0 Å². The average Bonchev–Trinajstić information content (AvgIpc) is 2.73. The molecule has 2 aromatic carbocycles. The highest BCUT2D eigenvalue weighted by atomic mass is 16.3. The molecule has 0 spiro atoms. The second kappa shape index (κ2) is 8.35. The van der Waals surface area contributed by atoms with Gasteiger partial charge in [-0.05, 0) is 46.7 Å². The van der Waals surface area contributed by atoms with E-state index in [4.69, 9.17) is 0 Å². The first-order valence-electron chi connectivity index (χ1n) is 9.99. The van der Waals surface area contributed by atoms with Crippen LogP contribution in [0.1, 0.15) is 48.3 Å². The minimum Gasteiger partial charge on any atom is -0.512 e. The molecule has 0 aliphatic heterocycles. The molecule has 0 saturated carbocycles. The number of hydrogen-bond donors (Lipinski definition) is 2. The first kappa shape index (κ1) is 18.4. The maximum absolute atomic E-state index is 10.0. The van der Waals surface area contributed by atoms with Gasteiger partial charge in [-0.2, -0.15) is 0 Å². The van der Waals surface area contributed by atoms with Crippen molar-refractivity contribution in [1.29, 1.82) is 0 Å². The van der Waals surface area contributed by atoms with E-state index in [-0.39, 0.29) is 0 Å². The summed E-state index contributed by atoms with van der Waals surface area (Å²) in [5, 5.41) is 20.0. The lowest BCUT2D eigenvalue weighted by atomic mass is 9.87. The molecule has 0 radical (unpaired) electrons. The monoisotopic (exact) mass is 370 g/mol. The molecule has 2 aliphatic carbocycles. The molecule has 0 fully saturated rings. The van der Waals surface area contributed by atoms with Crippen LogP contribution in [0.25, 0.3) is 0 Å². The quantitative estimate of drug-likeness (QED) is 0.630. The van der Waals surface area contributed by atoms with Gasteiger partial charge in [0.25, 0.3) is 0 Å². The summed E-state index contributed by atoms with van der Waals surface area (Å²) in [6.07, 6.45) is 15.2. The highest BCUT2D eigenvalue weighted by Gasteiger charge is 2.14. The molecule has 4 rings (SSSR count). The number of rotatable bonds is 5. The highest BCUT2D eigenvalue weighted by Crippen LogP contribution is 2.31. The lowest BCUT2D eigenvalue weighted by Gasteiger charge is -2.18. The van der Waals surface area contributed by atoms with Crippen LogP contribution in [0, 0.1) is 0 Å². The van der Waals surface area contributed by atoms with Crippen molar-refractivity contribution in [3.8, 4) is 5.75 Å². The zero-order valence-electron chi connectivity index (χ0n) is 16.0. The number of allylic oxidation sites excluding steroid dienone is 8. The largest absolute Gasteiger partial charge is 0.512 e. The number of benzene rings is 2. The molecule has 1 atom stereocenters. The van der Waals surface area contributed by atoms with Crippen LogP contribution < -0.4 is 0 Å². The molecule has 0 heterocycles. The molecule has 2 aromatic rings. The van der Waals surface area contributed by atoms with Gasteiger partial charge >= 0.3 is 0 Å². The first-order valence-corrected chi connectivity index (χ1v) is 9.99. The topological polar surface area (TPSA) is 40.5 Å². The minimum absolute atomic E-state index is 0.355. The van der Waals surface area contributed by atoms with Gasteiger partial charge < -0.3 is 10.2 Å². The SMILES string of the molecule is OC1=C(CC2=CCC(c3ccc(Cc4ccccc4O)cc3)C=C2)C=CCC1. The molecule has 0 amide bonds. The molecule has 28 heavy (non-hydrogen) atoms. The second-order valence-corrected chi connectivity index (χ2v) is 7.62. The predicted molar refractivity (Wildman–Crippen MR) is 115 cm³/mol. The summed E-state index contributed by atoms with van der Waals surface area (Å²) < 4.78 is 0. The van der Waals surface area contributed by atoms with Crippen LogP contribution in [0.4, 0.5) is 0 Å². The van der Waals surface area contributed by atoms with Crippen molar-refractivity contribution in [1.82, 2.24) is 0 Å². The lowest BCUT2D eigenvalue weighted by molar-refractivity contribution is 0.380. The Bertz CT molecular complexity index is 958. The Morgan fingerprint density at radius 3 is 2.43 bits per heavy atom. The van der Waals surface area contributed by atoms with Crippen molar-refractivity contribution in [2.75, 3.05) is 0 Å². The number of para-hydroxylation sites is 1. The van der Waals surface area contributed by atoms with Crippen molar-refractivity contribution in [2.45, 2.75) is 38.0 Å². The van der Waals surface area contributed by atoms with Gasteiger partial charge in [-0.15, -0.1) is 0 Å². The number of aliphatic hydroxyl groups excluding tert-OH is 1. The molecule has 2 nitrogen and oxygen atoms in total. The van der Waals surface area contributed by atoms with E-state index < -0.39 is 0 Å². The number of aliphatic hydroxyl groups is 1. The maximum Gasteiger partial charge on any atom is 0.119 e. The third kappa shape index (κ3) is 4.28. The fraction of sp³-hybridized carbons (Fsp3) is 0.231. The fourth-order valence-corrected chi connectivity index (χ4v) is 3.89. The molecular weight excluding hydrogens is 344 g/mol. The van der Waals surface area contributed by atoms with Crippen LogP contribution in [-0.2, 0) is 6.42 Å². The summed E-state index contributed by atoms with van der Waals surface area (Å²) in [6, 6.07) is 16.2. The molecular formula is C26H26O2. The van der Waals surface area contributed by atoms with E-state index in [1.54, 1.807) is 6.07 Å². The van der Waals surface area contributed by atoms with Crippen LogP contribution in [-0.4, -0.2) is 10.2 Å². The molecule has 0 aromatic heterocycles. The Morgan fingerprint density at radius 2 is 1.71 bits per heavy atom. The maximum atomic E-state index is 10.0. The first-order chi connectivity index (χ1) is 13.7. The van der Waals surface area contributed by atoms with E-state index >= 15 is 0 Å². The van der Waals surface area contributed by atoms with Crippen LogP contribution in [0.2, 0.25) is 0 Å². The van der Waals surface area contributed by atoms with Crippen molar-refractivity contribution in [3.05, 3.63) is 113 Å². The fourth-order valence-electron chi connectivity index (χ4n) is 3.89. The molecule has 1 unspecified atom stereocenters.